The zero-order valence-corrected chi connectivity index (χ0v) is 10.9. The van der Waals surface area contributed by atoms with Crippen molar-refractivity contribution in [3.8, 4) is 0 Å². The molecule has 0 N–H and O–H groups in total. The van der Waals surface area contributed by atoms with E-state index in [9.17, 15) is 4.57 Å². The van der Waals surface area contributed by atoms with Gasteiger partial charge in [-0.05, 0) is 43.3 Å². The molecule has 0 aliphatic heterocycles. The summed E-state index contributed by atoms with van der Waals surface area (Å²) in [6, 6.07) is 0. The smallest absolute Gasteiger partial charge is 0.369 e. The summed E-state index contributed by atoms with van der Waals surface area (Å²) in [6.45, 7) is 9.25. The minimum Gasteiger partial charge on any atom is -0.369 e. The second-order valence-electron chi connectivity index (χ2n) is 3.45. The standard InChI is InChI=1S/C8H15Cl2O3P/c1-5-8(3,4)12-6-7(2)13-14(9,10)11/h5,7H,1,6H2,2-4H3. The van der Waals surface area contributed by atoms with Crippen molar-refractivity contribution >= 4 is 28.6 Å². The highest BCUT2D eigenvalue weighted by Crippen LogP contribution is 2.58. The lowest BCUT2D eigenvalue weighted by Crippen LogP contribution is -2.26. The molecule has 14 heavy (non-hydrogen) atoms. The van der Waals surface area contributed by atoms with Gasteiger partial charge in [0.2, 0.25) is 0 Å². The largest absolute Gasteiger partial charge is 0.380 e. The van der Waals surface area contributed by atoms with Gasteiger partial charge in [-0.2, -0.15) is 0 Å². The van der Waals surface area contributed by atoms with Gasteiger partial charge in [-0.25, -0.2) is 0 Å². The lowest BCUT2D eigenvalue weighted by atomic mass is 10.1. The van der Waals surface area contributed by atoms with Gasteiger partial charge in [-0.3, -0.25) is 4.57 Å². The van der Waals surface area contributed by atoms with Crippen LogP contribution in [0.4, 0.5) is 0 Å². The molecule has 0 aromatic rings. The molecule has 1 unspecified atom stereocenters. The van der Waals surface area contributed by atoms with Gasteiger partial charge < -0.3 is 9.26 Å². The maximum absolute atomic E-state index is 10.9. The van der Waals surface area contributed by atoms with E-state index in [1.807, 2.05) is 13.8 Å². The van der Waals surface area contributed by atoms with Crippen molar-refractivity contribution in [1.29, 1.82) is 0 Å². The molecule has 0 radical (unpaired) electrons. The molecule has 0 aromatic heterocycles. The van der Waals surface area contributed by atoms with Gasteiger partial charge >= 0.3 is 6.07 Å². The molecule has 0 heterocycles. The maximum Gasteiger partial charge on any atom is 0.380 e. The summed E-state index contributed by atoms with van der Waals surface area (Å²) < 4.78 is 21.1. The monoisotopic (exact) mass is 260 g/mol. The number of hydrogen-bond donors (Lipinski definition) is 0. The highest BCUT2D eigenvalue weighted by atomic mass is 35.9. The van der Waals surface area contributed by atoms with Crippen LogP contribution in [0.15, 0.2) is 12.7 Å². The van der Waals surface area contributed by atoms with Crippen LogP contribution in [0.3, 0.4) is 0 Å². The molecule has 0 saturated heterocycles. The molecule has 0 spiro atoms. The Bertz CT molecular complexity index is 237. The predicted octanol–water partition coefficient (Wildman–Crippen LogP) is 3.96. The van der Waals surface area contributed by atoms with Gasteiger partial charge in [0.25, 0.3) is 0 Å². The summed E-state index contributed by atoms with van der Waals surface area (Å²) in [7, 11) is 0. The van der Waals surface area contributed by atoms with E-state index in [1.54, 1.807) is 13.0 Å². The first-order valence-corrected chi connectivity index (χ1v) is 7.55. The first kappa shape index (κ1) is 14.5. The minimum atomic E-state index is -3.47. The fraction of sp³-hybridized carbons (Fsp3) is 0.750. The molecule has 3 nitrogen and oxygen atoms in total. The van der Waals surface area contributed by atoms with Crippen molar-refractivity contribution in [3.63, 3.8) is 0 Å². The number of hydrogen-bond acceptors (Lipinski definition) is 3. The van der Waals surface area contributed by atoms with E-state index < -0.39 is 17.8 Å². The molecule has 0 bridgehead atoms. The van der Waals surface area contributed by atoms with Crippen molar-refractivity contribution in [2.75, 3.05) is 6.61 Å². The van der Waals surface area contributed by atoms with Gasteiger partial charge in [-0.15, -0.1) is 6.58 Å². The van der Waals surface area contributed by atoms with Crippen LogP contribution in [0.25, 0.3) is 0 Å². The molecule has 1 atom stereocenters. The highest BCUT2D eigenvalue weighted by molar-refractivity contribution is 8.05. The minimum absolute atomic E-state index is 0.252. The molecule has 0 fully saturated rings. The second-order valence-corrected chi connectivity index (χ2v) is 7.68. The fourth-order valence-electron chi connectivity index (χ4n) is 0.631. The van der Waals surface area contributed by atoms with Crippen LogP contribution in [-0.2, 0) is 13.8 Å². The topological polar surface area (TPSA) is 35.5 Å². The van der Waals surface area contributed by atoms with Gasteiger partial charge in [-0.1, -0.05) is 6.08 Å². The summed E-state index contributed by atoms with van der Waals surface area (Å²) in [5, 5.41) is 0. The summed E-state index contributed by atoms with van der Waals surface area (Å²) in [6.07, 6.45) is -2.23. The third-order valence-corrected chi connectivity index (χ3v) is 2.57. The Morgan fingerprint density at radius 1 is 1.57 bits per heavy atom. The molecule has 0 amide bonds. The van der Waals surface area contributed by atoms with Crippen LogP contribution in [0.2, 0.25) is 0 Å². The Morgan fingerprint density at radius 2 is 2.07 bits per heavy atom. The molecule has 6 heteroatoms. The lowest BCUT2D eigenvalue weighted by Gasteiger charge is -2.23. The van der Waals surface area contributed by atoms with Crippen LogP contribution < -0.4 is 0 Å². The molecule has 0 saturated carbocycles. The third-order valence-electron chi connectivity index (χ3n) is 1.48. The number of ether oxygens (including phenoxy) is 1. The zero-order chi connectivity index (χ0) is 11.4. The van der Waals surface area contributed by atoms with Gasteiger partial charge in [0.1, 0.15) is 0 Å². The predicted molar refractivity (Wildman–Crippen MR) is 60.1 cm³/mol. The average molecular weight is 261 g/mol. The second kappa shape index (κ2) is 5.53. The quantitative estimate of drug-likeness (QED) is 0.536. The van der Waals surface area contributed by atoms with Gasteiger partial charge in [0.15, 0.2) is 0 Å². The summed E-state index contributed by atoms with van der Waals surface area (Å²) in [4.78, 5) is 0. The molecule has 0 aromatic carbocycles. The fourth-order valence-corrected chi connectivity index (χ4v) is 1.93. The Balaban J connectivity index is 3.92. The van der Waals surface area contributed by atoms with E-state index >= 15 is 0 Å². The van der Waals surface area contributed by atoms with Gasteiger partial charge in [0.05, 0.1) is 18.3 Å². The molecule has 84 valence electrons. The molecular formula is C8H15Cl2O3P. The summed E-state index contributed by atoms with van der Waals surface area (Å²) >= 11 is 10.5. The van der Waals surface area contributed by atoms with E-state index in [-0.39, 0.29) is 6.61 Å². The Hall–Kier alpha value is 0.470. The summed E-state index contributed by atoms with van der Waals surface area (Å²) in [5.74, 6) is 0. The lowest BCUT2D eigenvalue weighted by molar-refractivity contribution is -0.0179. The molecule has 0 aliphatic carbocycles. The Labute approximate surface area is 94.4 Å². The number of halogens is 2. The van der Waals surface area contributed by atoms with E-state index in [0.717, 1.165) is 0 Å². The van der Waals surface area contributed by atoms with E-state index in [1.165, 1.54) is 0 Å². The average Bonchev–Trinajstić information content (AvgIpc) is 1.98. The molecular weight excluding hydrogens is 246 g/mol. The maximum atomic E-state index is 10.9. The first-order valence-electron chi connectivity index (χ1n) is 4.11. The Morgan fingerprint density at radius 3 is 2.43 bits per heavy atom. The van der Waals surface area contributed by atoms with Crippen molar-refractivity contribution in [2.24, 2.45) is 0 Å². The van der Waals surface area contributed by atoms with E-state index in [0.29, 0.717) is 0 Å². The highest BCUT2D eigenvalue weighted by Gasteiger charge is 2.21. The number of rotatable bonds is 6. The Kier molecular flexibility index (Phi) is 5.71. The van der Waals surface area contributed by atoms with Crippen LogP contribution >= 0.6 is 28.6 Å². The van der Waals surface area contributed by atoms with Crippen LogP contribution in [0.5, 0.6) is 0 Å². The van der Waals surface area contributed by atoms with Crippen molar-refractivity contribution < 1.29 is 13.8 Å². The van der Waals surface area contributed by atoms with E-state index in [4.69, 9.17) is 31.7 Å². The molecule has 0 aliphatic rings. The first-order chi connectivity index (χ1) is 6.16. The van der Waals surface area contributed by atoms with Crippen LogP contribution in [0.1, 0.15) is 20.8 Å². The normalized spacial score (nSPS) is 15.2. The van der Waals surface area contributed by atoms with Crippen molar-refractivity contribution in [3.05, 3.63) is 12.7 Å². The van der Waals surface area contributed by atoms with Gasteiger partial charge in [0, 0.05) is 0 Å². The van der Waals surface area contributed by atoms with Crippen LogP contribution in [-0.4, -0.2) is 18.3 Å². The van der Waals surface area contributed by atoms with Crippen molar-refractivity contribution in [2.45, 2.75) is 32.5 Å². The summed E-state index contributed by atoms with van der Waals surface area (Å²) in [5.41, 5.74) is -0.444. The van der Waals surface area contributed by atoms with E-state index in [2.05, 4.69) is 6.58 Å². The van der Waals surface area contributed by atoms with Crippen molar-refractivity contribution in [1.82, 2.24) is 0 Å². The SMILES string of the molecule is C=CC(C)(C)OCC(C)OP(=O)(Cl)Cl. The van der Waals surface area contributed by atoms with Crippen LogP contribution in [0, 0.1) is 0 Å². The zero-order valence-electron chi connectivity index (χ0n) is 8.50. The molecule has 0 rings (SSSR count). The third kappa shape index (κ3) is 7.84.